The molecule has 2 saturated heterocycles. The summed E-state index contributed by atoms with van der Waals surface area (Å²) in [5, 5.41) is 0. The van der Waals surface area contributed by atoms with Crippen LogP contribution >= 0.6 is 0 Å². The molecule has 3 rings (SSSR count). The minimum atomic E-state index is -0.480. The van der Waals surface area contributed by atoms with Gasteiger partial charge in [0, 0.05) is 37.5 Å². The first-order chi connectivity index (χ1) is 9.61. The van der Waals surface area contributed by atoms with E-state index in [1.807, 2.05) is 6.92 Å². The zero-order chi connectivity index (χ0) is 14.2. The molecule has 2 heterocycles. The molecule has 1 unspecified atom stereocenters. The molecular weight excluding hydrogens is 264 g/mol. The molecule has 1 aromatic carbocycles. The Bertz CT molecular complexity index is 459. The van der Waals surface area contributed by atoms with Gasteiger partial charge >= 0.3 is 0 Å². The van der Waals surface area contributed by atoms with Crippen molar-refractivity contribution in [2.45, 2.75) is 31.6 Å². The number of piperidine rings is 1. The standard InChI is InChI=1S/C15H19F2NO2/c1-11(14-12(16)3-2-4-13(14)17)18-7-5-15(6-8-18)19-9-10-20-15/h2-4,11H,5-10H2,1H3. The summed E-state index contributed by atoms with van der Waals surface area (Å²) in [6, 6.07) is 3.73. The van der Waals surface area contributed by atoms with Crippen LogP contribution in [0.25, 0.3) is 0 Å². The largest absolute Gasteiger partial charge is 0.347 e. The number of hydrogen-bond acceptors (Lipinski definition) is 3. The van der Waals surface area contributed by atoms with E-state index < -0.39 is 17.4 Å². The van der Waals surface area contributed by atoms with Gasteiger partial charge in [-0.15, -0.1) is 0 Å². The van der Waals surface area contributed by atoms with E-state index >= 15 is 0 Å². The lowest BCUT2D eigenvalue weighted by molar-refractivity contribution is -0.187. The molecule has 2 aliphatic heterocycles. The highest BCUT2D eigenvalue weighted by molar-refractivity contribution is 5.23. The van der Waals surface area contributed by atoms with Gasteiger partial charge in [-0.05, 0) is 19.1 Å². The van der Waals surface area contributed by atoms with Crippen molar-refractivity contribution in [2.75, 3.05) is 26.3 Å². The molecule has 0 bridgehead atoms. The normalized spacial score (nSPS) is 24.1. The highest BCUT2D eigenvalue weighted by atomic mass is 19.1. The maximum Gasteiger partial charge on any atom is 0.170 e. The zero-order valence-electron chi connectivity index (χ0n) is 11.6. The lowest BCUT2D eigenvalue weighted by Crippen LogP contribution is -2.46. The van der Waals surface area contributed by atoms with E-state index in [0.717, 1.165) is 25.9 Å². The van der Waals surface area contributed by atoms with Gasteiger partial charge in [-0.25, -0.2) is 8.78 Å². The second-order valence-corrected chi connectivity index (χ2v) is 5.45. The van der Waals surface area contributed by atoms with Crippen molar-refractivity contribution >= 4 is 0 Å². The number of likely N-dealkylation sites (tertiary alicyclic amines) is 1. The second kappa shape index (κ2) is 5.39. The molecule has 0 aliphatic carbocycles. The van der Waals surface area contributed by atoms with Crippen LogP contribution in [-0.4, -0.2) is 37.0 Å². The van der Waals surface area contributed by atoms with Crippen molar-refractivity contribution < 1.29 is 18.3 Å². The van der Waals surface area contributed by atoms with Gasteiger partial charge in [0.1, 0.15) is 11.6 Å². The Balaban J connectivity index is 1.71. The summed E-state index contributed by atoms with van der Waals surface area (Å²) in [7, 11) is 0. The minimum Gasteiger partial charge on any atom is -0.347 e. The fourth-order valence-corrected chi connectivity index (χ4v) is 3.13. The van der Waals surface area contributed by atoms with Crippen molar-refractivity contribution in [1.29, 1.82) is 0 Å². The average Bonchev–Trinajstić information content (AvgIpc) is 2.87. The van der Waals surface area contributed by atoms with Crippen molar-refractivity contribution in [3.63, 3.8) is 0 Å². The summed E-state index contributed by atoms with van der Waals surface area (Å²) in [6.45, 7) is 4.55. The highest BCUT2D eigenvalue weighted by Crippen LogP contribution is 2.35. The fraction of sp³-hybridized carbons (Fsp3) is 0.600. The van der Waals surface area contributed by atoms with Gasteiger partial charge in [0.15, 0.2) is 5.79 Å². The van der Waals surface area contributed by atoms with Crippen LogP contribution < -0.4 is 0 Å². The Kier molecular flexibility index (Phi) is 3.75. The van der Waals surface area contributed by atoms with Crippen LogP contribution in [0.4, 0.5) is 8.78 Å². The molecule has 0 aromatic heterocycles. The molecule has 1 atom stereocenters. The molecule has 0 amide bonds. The van der Waals surface area contributed by atoms with E-state index in [2.05, 4.69) is 4.90 Å². The SMILES string of the molecule is CC(c1c(F)cccc1F)N1CCC2(CC1)OCCO2. The van der Waals surface area contributed by atoms with Crippen LogP contribution in [0.2, 0.25) is 0 Å². The Hall–Kier alpha value is -1.04. The number of hydrogen-bond donors (Lipinski definition) is 0. The molecular formula is C15H19F2NO2. The van der Waals surface area contributed by atoms with E-state index in [1.165, 1.54) is 18.2 Å². The van der Waals surface area contributed by atoms with E-state index in [4.69, 9.17) is 9.47 Å². The van der Waals surface area contributed by atoms with Crippen LogP contribution in [0.15, 0.2) is 18.2 Å². The smallest absolute Gasteiger partial charge is 0.170 e. The molecule has 5 heteroatoms. The molecule has 0 N–H and O–H groups in total. The summed E-state index contributed by atoms with van der Waals surface area (Å²) in [5.41, 5.74) is 0.150. The van der Waals surface area contributed by atoms with Crippen molar-refractivity contribution in [3.8, 4) is 0 Å². The van der Waals surface area contributed by atoms with Gasteiger partial charge < -0.3 is 9.47 Å². The summed E-state index contributed by atoms with van der Waals surface area (Å²) < 4.78 is 39.0. The van der Waals surface area contributed by atoms with Crippen LogP contribution in [0.1, 0.15) is 31.4 Å². The van der Waals surface area contributed by atoms with Crippen LogP contribution in [0, 0.1) is 11.6 Å². The topological polar surface area (TPSA) is 21.7 Å². The minimum absolute atomic E-state index is 0.150. The third-order valence-electron chi connectivity index (χ3n) is 4.34. The summed E-state index contributed by atoms with van der Waals surface area (Å²) in [5.74, 6) is -1.42. The van der Waals surface area contributed by atoms with Crippen molar-refractivity contribution in [1.82, 2.24) is 4.90 Å². The second-order valence-electron chi connectivity index (χ2n) is 5.45. The number of halogens is 2. The number of nitrogens with zero attached hydrogens (tertiary/aromatic N) is 1. The zero-order valence-corrected chi connectivity index (χ0v) is 11.6. The maximum absolute atomic E-state index is 13.8. The average molecular weight is 283 g/mol. The maximum atomic E-state index is 13.8. The summed E-state index contributed by atoms with van der Waals surface area (Å²) in [6.07, 6.45) is 1.49. The predicted octanol–water partition coefficient (Wildman–Crippen LogP) is 2.86. The highest BCUT2D eigenvalue weighted by Gasteiger charge is 2.41. The number of ether oxygens (including phenoxy) is 2. The summed E-state index contributed by atoms with van der Waals surface area (Å²) in [4.78, 5) is 2.08. The monoisotopic (exact) mass is 283 g/mol. The van der Waals surface area contributed by atoms with Crippen molar-refractivity contribution in [2.24, 2.45) is 0 Å². The first-order valence-corrected chi connectivity index (χ1v) is 7.07. The Labute approximate surface area is 117 Å². The van der Waals surface area contributed by atoms with Crippen LogP contribution in [0.3, 0.4) is 0 Å². The third-order valence-corrected chi connectivity index (χ3v) is 4.34. The van der Waals surface area contributed by atoms with Gasteiger partial charge in [-0.3, -0.25) is 4.90 Å². The Morgan fingerprint density at radius 1 is 1.10 bits per heavy atom. The fourth-order valence-electron chi connectivity index (χ4n) is 3.13. The Morgan fingerprint density at radius 3 is 2.20 bits per heavy atom. The molecule has 1 aromatic rings. The van der Waals surface area contributed by atoms with Gasteiger partial charge in [-0.1, -0.05) is 6.07 Å². The molecule has 0 radical (unpaired) electrons. The van der Waals surface area contributed by atoms with Crippen LogP contribution in [0.5, 0.6) is 0 Å². The lowest BCUT2D eigenvalue weighted by atomic mass is 9.98. The predicted molar refractivity (Wildman–Crippen MR) is 70.2 cm³/mol. The molecule has 0 saturated carbocycles. The molecule has 2 fully saturated rings. The van der Waals surface area contributed by atoms with Gasteiger partial charge in [-0.2, -0.15) is 0 Å². The number of rotatable bonds is 2. The molecule has 2 aliphatic rings. The van der Waals surface area contributed by atoms with Crippen molar-refractivity contribution in [3.05, 3.63) is 35.4 Å². The van der Waals surface area contributed by atoms with Gasteiger partial charge in [0.2, 0.25) is 0 Å². The quantitative estimate of drug-likeness (QED) is 0.833. The summed E-state index contributed by atoms with van der Waals surface area (Å²) >= 11 is 0. The van der Waals surface area contributed by atoms with E-state index in [1.54, 1.807) is 0 Å². The van der Waals surface area contributed by atoms with Gasteiger partial charge in [0.25, 0.3) is 0 Å². The third kappa shape index (κ3) is 2.45. The number of benzene rings is 1. The van der Waals surface area contributed by atoms with Gasteiger partial charge in [0.05, 0.1) is 13.2 Å². The molecule has 110 valence electrons. The first kappa shape index (κ1) is 13.9. The molecule has 20 heavy (non-hydrogen) atoms. The lowest BCUT2D eigenvalue weighted by Gasteiger charge is -2.40. The van der Waals surface area contributed by atoms with E-state index in [0.29, 0.717) is 13.2 Å². The molecule has 3 nitrogen and oxygen atoms in total. The Morgan fingerprint density at radius 2 is 1.65 bits per heavy atom. The first-order valence-electron chi connectivity index (χ1n) is 7.07. The van der Waals surface area contributed by atoms with E-state index in [-0.39, 0.29) is 11.6 Å². The van der Waals surface area contributed by atoms with E-state index in [9.17, 15) is 8.78 Å². The van der Waals surface area contributed by atoms with Crippen LogP contribution in [-0.2, 0) is 9.47 Å². The molecule has 1 spiro atoms.